The Balaban J connectivity index is 2.12. The van der Waals surface area contributed by atoms with Crippen LogP contribution in [0.2, 0.25) is 0 Å². The lowest BCUT2D eigenvalue weighted by Gasteiger charge is -2.34. The maximum atomic E-state index is 12.2. The molecule has 1 fully saturated rings. The van der Waals surface area contributed by atoms with E-state index in [-0.39, 0.29) is 23.3 Å². The van der Waals surface area contributed by atoms with E-state index >= 15 is 0 Å². The van der Waals surface area contributed by atoms with Crippen LogP contribution in [-0.4, -0.2) is 71.0 Å². The molecule has 3 heterocycles. The summed E-state index contributed by atoms with van der Waals surface area (Å²) >= 11 is 1.28. The molecule has 0 aliphatic carbocycles. The van der Waals surface area contributed by atoms with E-state index in [0.29, 0.717) is 5.16 Å². The molecule has 3 N–H and O–H groups in total. The molecular weight excluding hydrogens is 314 g/mol. The number of ether oxygens (including phenoxy) is 1. The van der Waals surface area contributed by atoms with Gasteiger partial charge in [-0.1, -0.05) is 17.0 Å². The highest BCUT2D eigenvalue weighted by Gasteiger charge is 2.40. The predicted octanol–water partition coefficient (Wildman–Crippen LogP) is -2.14. The molecule has 0 amide bonds. The zero-order chi connectivity index (χ0) is 16.0. The number of aliphatic hydroxyl groups excluding tert-OH is 3. The van der Waals surface area contributed by atoms with Crippen LogP contribution in [0.5, 0.6) is 0 Å². The smallest absolute Gasteiger partial charge is 0.284 e. The summed E-state index contributed by atoms with van der Waals surface area (Å²) in [6.45, 7) is -0.176. The van der Waals surface area contributed by atoms with E-state index in [2.05, 4.69) is 15.3 Å². The summed E-state index contributed by atoms with van der Waals surface area (Å²) in [5.41, 5.74) is -0.178. The third-order valence-corrected chi connectivity index (χ3v) is 4.29. The number of rotatable bonds is 2. The first kappa shape index (κ1) is 15.4. The number of aromatic nitrogens is 5. The molecule has 0 bridgehead atoms. The van der Waals surface area contributed by atoms with E-state index in [1.807, 2.05) is 0 Å². The summed E-state index contributed by atoms with van der Waals surface area (Å²) in [6.07, 6.45) is -3.31. The van der Waals surface area contributed by atoms with Gasteiger partial charge in [0.05, 0.1) is 6.61 Å². The van der Waals surface area contributed by atoms with Gasteiger partial charge in [0.2, 0.25) is 0 Å². The Hall–Kier alpha value is -1.53. The van der Waals surface area contributed by atoms with Crippen molar-refractivity contribution in [3.8, 4) is 0 Å². The molecule has 0 unspecified atom stereocenters. The lowest BCUT2D eigenvalue weighted by Crippen LogP contribution is -2.50. The number of aliphatic hydroxyl groups is 3. The Kier molecular flexibility index (Phi) is 3.91. The zero-order valence-electron chi connectivity index (χ0n) is 11.8. The molecule has 4 atom stereocenters. The second-order valence-electron chi connectivity index (χ2n) is 4.94. The Morgan fingerprint density at radius 3 is 2.73 bits per heavy atom. The monoisotopic (exact) mass is 329 g/mol. The van der Waals surface area contributed by atoms with Gasteiger partial charge in [0.15, 0.2) is 22.5 Å². The quantitative estimate of drug-likeness (QED) is 0.416. The molecule has 2 aromatic heterocycles. The Bertz CT molecular complexity index is 761. The van der Waals surface area contributed by atoms with Crippen LogP contribution in [0.3, 0.4) is 0 Å². The molecular formula is C11H15N5O5S. The van der Waals surface area contributed by atoms with Crippen molar-refractivity contribution in [2.24, 2.45) is 7.05 Å². The van der Waals surface area contributed by atoms with Crippen molar-refractivity contribution < 1.29 is 20.1 Å². The third kappa shape index (κ3) is 2.21. The molecule has 1 aliphatic rings. The fourth-order valence-electron chi connectivity index (χ4n) is 2.30. The molecule has 2 aromatic rings. The van der Waals surface area contributed by atoms with Gasteiger partial charge < -0.3 is 20.1 Å². The maximum Gasteiger partial charge on any atom is 0.284 e. The predicted molar refractivity (Wildman–Crippen MR) is 75.4 cm³/mol. The molecule has 1 saturated heterocycles. The van der Waals surface area contributed by atoms with Gasteiger partial charge in [0, 0.05) is 7.05 Å². The number of thioether (sulfide) groups is 1. The standard InChI is InChI=1S/C11H15N5O5S/c1-15-9(20)5-8(12-11(15)22-2)16(14-13-5)10-7(19)6(18)4(17)3-21-10/h4,6-7,10,17-19H,3H2,1-2H3/t4-,6-,7-,10+/m1/s1. The van der Waals surface area contributed by atoms with Crippen molar-refractivity contribution in [2.45, 2.75) is 29.7 Å². The number of hydrogen-bond donors (Lipinski definition) is 3. The van der Waals surface area contributed by atoms with Crippen LogP contribution in [0.1, 0.15) is 6.23 Å². The maximum absolute atomic E-state index is 12.2. The Labute approximate surface area is 128 Å². The van der Waals surface area contributed by atoms with Crippen molar-refractivity contribution >= 4 is 22.9 Å². The summed E-state index contributed by atoms with van der Waals surface area (Å²) in [7, 11) is 1.58. The number of hydrogen-bond acceptors (Lipinski definition) is 9. The summed E-state index contributed by atoms with van der Waals surface area (Å²) < 4.78 is 7.81. The van der Waals surface area contributed by atoms with Gasteiger partial charge in [-0.25, -0.2) is 4.98 Å². The highest BCUT2D eigenvalue weighted by molar-refractivity contribution is 7.98. The second-order valence-corrected chi connectivity index (χ2v) is 5.71. The fourth-order valence-corrected chi connectivity index (χ4v) is 2.84. The lowest BCUT2D eigenvalue weighted by atomic mass is 10.0. The minimum Gasteiger partial charge on any atom is -0.388 e. The average Bonchev–Trinajstić information content (AvgIpc) is 2.92. The molecule has 11 heteroatoms. The fraction of sp³-hybridized carbons (Fsp3) is 0.636. The highest BCUT2D eigenvalue weighted by atomic mass is 32.2. The van der Waals surface area contributed by atoms with E-state index in [0.717, 1.165) is 4.68 Å². The number of nitrogens with zero attached hydrogens (tertiary/aromatic N) is 5. The first-order valence-electron chi connectivity index (χ1n) is 6.47. The minimum absolute atomic E-state index is 0.0386. The Morgan fingerprint density at radius 1 is 1.32 bits per heavy atom. The van der Waals surface area contributed by atoms with Crippen molar-refractivity contribution in [2.75, 3.05) is 12.9 Å². The van der Waals surface area contributed by atoms with Gasteiger partial charge in [-0.2, -0.15) is 4.68 Å². The van der Waals surface area contributed by atoms with E-state index in [4.69, 9.17) is 4.74 Å². The highest BCUT2D eigenvalue weighted by Crippen LogP contribution is 2.25. The van der Waals surface area contributed by atoms with Crippen LogP contribution >= 0.6 is 11.8 Å². The van der Waals surface area contributed by atoms with Crippen LogP contribution in [0, 0.1) is 0 Å². The topological polar surface area (TPSA) is 136 Å². The third-order valence-electron chi connectivity index (χ3n) is 3.56. The van der Waals surface area contributed by atoms with Crippen molar-refractivity contribution in [1.29, 1.82) is 0 Å². The molecule has 3 rings (SSSR count). The normalized spacial score (nSPS) is 29.1. The van der Waals surface area contributed by atoms with Gasteiger partial charge in [-0.15, -0.1) is 5.10 Å². The van der Waals surface area contributed by atoms with Gasteiger partial charge in [0.1, 0.15) is 18.3 Å². The van der Waals surface area contributed by atoms with Gasteiger partial charge in [0.25, 0.3) is 5.56 Å². The van der Waals surface area contributed by atoms with Crippen LogP contribution in [0.25, 0.3) is 11.2 Å². The van der Waals surface area contributed by atoms with Crippen LogP contribution in [0.15, 0.2) is 9.95 Å². The molecule has 0 radical (unpaired) electrons. The first-order valence-corrected chi connectivity index (χ1v) is 7.70. The average molecular weight is 329 g/mol. The van der Waals surface area contributed by atoms with Crippen LogP contribution in [0.4, 0.5) is 0 Å². The summed E-state index contributed by atoms with van der Waals surface area (Å²) in [5, 5.41) is 37.3. The van der Waals surface area contributed by atoms with E-state index in [1.54, 1.807) is 13.3 Å². The molecule has 10 nitrogen and oxygen atoms in total. The SMILES string of the molecule is CSc1nc2c(nnn2[C@H]2OC[C@@H](O)[C@@H](O)[C@H]2O)c(=O)n1C. The molecule has 0 spiro atoms. The molecule has 1 aliphatic heterocycles. The molecule has 0 saturated carbocycles. The van der Waals surface area contributed by atoms with Crippen LogP contribution < -0.4 is 5.56 Å². The molecule has 120 valence electrons. The molecule has 22 heavy (non-hydrogen) atoms. The zero-order valence-corrected chi connectivity index (χ0v) is 12.6. The number of fused-ring (bicyclic) bond motifs is 1. The van der Waals surface area contributed by atoms with E-state index < -0.39 is 24.5 Å². The van der Waals surface area contributed by atoms with Gasteiger partial charge in [-0.05, 0) is 6.26 Å². The van der Waals surface area contributed by atoms with Crippen molar-refractivity contribution in [1.82, 2.24) is 24.5 Å². The van der Waals surface area contributed by atoms with Crippen molar-refractivity contribution in [3.05, 3.63) is 10.4 Å². The summed E-state index contributed by atoms with van der Waals surface area (Å²) in [6, 6.07) is 0. The lowest BCUT2D eigenvalue weighted by molar-refractivity contribution is -0.213. The van der Waals surface area contributed by atoms with Crippen LogP contribution in [-0.2, 0) is 11.8 Å². The largest absolute Gasteiger partial charge is 0.388 e. The molecule has 0 aromatic carbocycles. The van der Waals surface area contributed by atoms with E-state index in [1.165, 1.54) is 16.3 Å². The summed E-state index contributed by atoms with van der Waals surface area (Å²) in [5.74, 6) is 0. The summed E-state index contributed by atoms with van der Waals surface area (Å²) in [4.78, 5) is 16.5. The Morgan fingerprint density at radius 2 is 2.05 bits per heavy atom. The van der Waals surface area contributed by atoms with Crippen molar-refractivity contribution in [3.63, 3.8) is 0 Å². The van der Waals surface area contributed by atoms with E-state index in [9.17, 15) is 20.1 Å². The van der Waals surface area contributed by atoms with Gasteiger partial charge >= 0.3 is 0 Å². The second kappa shape index (κ2) is 5.59. The minimum atomic E-state index is -1.42. The van der Waals surface area contributed by atoms with Gasteiger partial charge in [-0.3, -0.25) is 9.36 Å². The first-order chi connectivity index (χ1) is 10.5.